The fourth-order valence-corrected chi connectivity index (χ4v) is 5.33. The van der Waals surface area contributed by atoms with Gasteiger partial charge in [-0.1, -0.05) is 97.1 Å². The van der Waals surface area contributed by atoms with Crippen molar-refractivity contribution in [3.63, 3.8) is 0 Å². The van der Waals surface area contributed by atoms with Crippen LogP contribution in [0.5, 0.6) is 0 Å². The summed E-state index contributed by atoms with van der Waals surface area (Å²) in [5.74, 6) is -0.120. The Bertz CT molecular complexity index is 1500. The molecule has 212 valence electrons. The Hall–Kier alpha value is -4.36. The Morgan fingerprint density at radius 1 is 0.780 bits per heavy atom. The molecule has 1 fully saturated rings. The Morgan fingerprint density at radius 3 is 2.17 bits per heavy atom. The van der Waals surface area contributed by atoms with Crippen molar-refractivity contribution in [3.05, 3.63) is 108 Å². The van der Waals surface area contributed by atoms with Crippen LogP contribution in [-0.4, -0.2) is 41.3 Å². The molecule has 1 aliphatic heterocycles. The molecule has 0 aromatic heterocycles. The van der Waals surface area contributed by atoms with Crippen molar-refractivity contribution in [1.82, 2.24) is 10.2 Å². The molecule has 0 aliphatic carbocycles. The molecule has 1 heterocycles. The van der Waals surface area contributed by atoms with E-state index < -0.39 is 12.1 Å². The van der Waals surface area contributed by atoms with E-state index in [0.717, 1.165) is 45.9 Å². The highest BCUT2D eigenvalue weighted by Crippen LogP contribution is 2.24. The zero-order valence-corrected chi connectivity index (χ0v) is 23.7. The van der Waals surface area contributed by atoms with E-state index in [2.05, 4.69) is 58.8 Å². The number of guanidine groups is 1. The van der Waals surface area contributed by atoms with Crippen LogP contribution in [0.15, 0.2) is 102 Å². The number of nitrogens with two attached hydrogens (primary N) is 2. The summed E-state index contributed by atoms with van der Waals surface area (Å²) in [6.07, 6.45) is 2.44. The standard InChI is InChI=1S/C33H35N5O2.ClH/c34-33(35)36-19-7-6-12-30-31(39)37-29(21-24-15-18-26-10-4-5-11-28(26)20-24)32(40)38(30)22-23-13-16-27(17-14-23)25-8-2-1-3-9-25;/h1-5,8-11,13-18,20,29-30H,6-7,12,19,21-22H2,(H,37,39)(H4,34,35,36);1H/t29-,30-;/m0./s1. The van der Waals surface area contributed by atoms with Crippen molar-refractivity contribution < 1.29 is 9.59 Å². The van der Waals surface area contributed by atoms with Crippen LogP contribution in [0.4, 0.5) is 0 Å². The number of halogens is 1. The molecule has 4 aromatic carbocycles. The molecule has 5 rings (SSSR count). The molecule has 7 nitrogen and oxygen atoms in total. The smallest absolute Gasteiger partial charge is 0.246 e. The highest BCUT2D eigenvalue weighted by Gasteiger charge is 2.40. The van der Waals surface area contributed by atoms with Gasteiger partial charge in [0.05, 0.1) is 0 Å². The van der Waals surface area contributed by atoms with Crippen LogP contribution in [-0.2, 0) is 22.6 Å². The third-order valence-corrected chi connectivity index (χ3v) is 7.42. The molecule has 0 unspecified atom stereocenters. The van der Waals surface area contributed by atoms with E-state index in [1.54, 1.807) is 4.90 Å². The first-order chi connectivity index (χ1) is 19.5. The summed E-state index contributed by atoms with van der Waals surface area (Å²) in [6, 6.07) is 31.5. The van der Waals surface area contributed by atoms with Gasteiger partial charge in [0.15, 0.2) is 5.96 Å². The lowest BCUT2D eigenvalue weighted by atomic mass is 9.95. The number of nitrogens with zero attached hydrogens (tertiary/aromatic N) is 2. The van der Waals surface area contributed by atoms with Gasteiger partial charge in [-0.05, 0) is 52.3 Å². The summed E-state index contributed by atoms with van der Waals surface area (Å²) >= 11 is 0. The second-order valence-corrected chi connectivity index (χ2v) is 10.3. The third-order valence-electron chi connectivity index (χ3n) is 7.42. The van der Waals surface area contributed by atoms with Gasteiger partial charge in [-0.3, -0.25) is 14.6 Å². The van der Waals surface area contributed by atoms with E-state index in [1.807, 2.05) is 48.5 Å². The van der Waals surface area contributed by atoms with Crippen LogP contribution in [0.25, 0.3) is 21.9 Å². The molecule has 8 heteroatoms. The van der Waals surface area contributed by atoms with E-state index in [1.165, 1.54) is 0 Å². The number of hydrogen-bond donors (Lipinski definition) is 3. The van der Waals surface area contributed by atoms with Crippen LogP contribution in [0.2, 0.25) is 0 Å². The first-order valence-corrected chi connectivity index (χ1v) is 13.8. The maximum Gasteiger partial charge on any atom is 0.246 e. The SMILES string of the molecule is Cl.NC(N)=NCCCC[C@H]1C(=O)N[C@@H](Cc2ccc3ccccc3c2)C(=O)N1Cc1ccc(-c2ccccc2)cc1. The number of rotatable bonds is 10. The predicted octanol–water partition coefficient (Wildman–Crippen LogP) is 4.81. The Kier molecular flexibility index (Phi) is 9.98. The highest BCUT2D eigenvalue weighted by molar-refractivity contribution is 5.97. The lowest BCUT2D eigenvalue weighted by Crippen LogP contribution is -2.63. The number of piperazine rings is 1. The number of amides is 2. The van der Waals surface area contributed by atoms with Gasteiger partial charge in [0, 0.05) is 19.5 Å². The monoisotopic (exact) mass is 569 g/mol. The number of carbonyl (C=O) groups excluding carboxylic acids is 2. The van der Waals surface area contributed by atoms with Crippen LogP contribution in [0, 0.1) is 0 Å². The predicted molar refractivity (Wildman–Crippen MR) is 168 cm³/mol. The second kappa shape index (κ2) is 13.8. The lowest BCUT2D eigenvalue weighted by molar-refractivity contribution is -0.150. The molecule has 0 bridgehead atoms. The summed E-state index contributed by atoms with van der Waals surface area (Å²) in [4.78, 5) is 33.1. The number of benzene rings is 4. The largest absolute Gasteiger partial charge is 0.370 e. The summed E-state index contributed by atoms with van der Waals surface area (Å²) in [5, 5.41) is 5.28. The van der Waals surface area contributed by atoms with Crippen molar-refractivity contribution in [2.24, 2.45) is 16.5 Å². The van der Waals surface area contributed by atoms with Gasteiger partial charge < -0.3 is 21.7 Å². The second-order valence-electron chi connectivity index (χ2n) is 10.3. The summed E-state index contributed by atoms with van der Waals surface area (Å²) in [5.41, 5.74) is 15.1. The molecule has 2 amide bonds. The molecule has 4 aromatic rings. The molecule has 2 atom stereocenters. The molecular weight excluding hydrogens is 534 g/mol. The van der Waals surface area contributed by atoms with E-state index in [0.29, 0.717) is 25.9 Å². The van der Waals surface area contributed by atoms with E-state index in [9.17, 15) is 9.59 Å². The topological polar surface area (TPSA) is 114 Å². The van der Waals surface area contributed by atoms with Crippen molar-refractivity contribution in [2.75, 3.05) is 6.54 Å². The van der Waals surface area contributed by atoms with E-state index >= 15 is 0 Å². The number of carbonyl (C=O) groups is 2. The third kappa shape index (κ3) is 7.44. The zero-order valence-electron chi connectivity index (χ0n) is 22.9. The fraction of sp³-hybridized carbons (Fsp3) is 0.242. The van der Waals surface area contributed by atoms with Gasteiger partial charge in [0.1, 0.15) is 12.1 Å². The molecular formula is C33H36ClN5O2. The fourth-order valence-electron chi connectivity index (χ4n) is 5.33. The zero-order chi connectivity index (χ0) is 27.9. The molecule has 0 spiro atoms. The number of fused-ring (bicyclic) bond motifs is 1. The van der Waals surface area contributed by atoms with Gasteiger partial charge in [-0.25, -0.2) is 0 Å². The average molecular weight is 570 g/mol. The number of hydrogen-bond acceptors (Lipinski definition) is 3. The van der Waals surface area contributed by atoms with Crippen molar-refractivity contribution in [2.45, 2.75) is 44.3 Å². The first kappa shape index (κ1) is 29.6. The Balaban J connectivity index is 0.00000387. The number of aliphatic imine (C=N–C) groups is 1. The first-order valence-electron chi connectivity index (χ1n) is 13.8. The van der Waals surface area contributed by atoms with Crippen LogP contribution < -0.4 is 16.8 Å². The van der Waals surface area contributed by atoms with Gasteiger partial charge >= 0.3 is 0 Å². The maximum atomic E-state index is 13.9. The number of nitrogens with one attached hydrogen (secondary N) is 1. The molecule has 5 N–H and O–H groups in total. The van der Waals surface area contributed by atoms with Gasteiger partial charge in [-0.15, -0.1) is 12.4 Å². The molecule has 41 heavy (non-hydrogen) atoms. The van der Waals surface area contributed by atoms with Crippen LogP contribution in [0.1, 0.15) is 30.4 Å². The summed E-state index contributed by atoms with van der Waals surface area (Å²) in [7, 11) is 0. The van der Waals surface area contributed by atoms with E-state index in [-0.39, 0.29) is 30.2 Å². The summed E-state index contributed by atoms with van der Waals surface area (Å²) in [6.45, 7) is 0.865. The average Bonchev–Trinajstić information content (AvgIpc) is 2.97. The maximum absolute atomic E-state index is 13.9. The molecule has 0 saturated carbocycles. The van der Waals surface area contributed by atoms with Crippen molar-refractivity contribution in [1.29, 1.82) is 0 Å². The van der Waals surface area contributed by atoms with Gasteiger partial charge in [-0.2, -0.15) is 0 Å². The molecule has 1 aliphatic rings. The van der Waals surface area contributed by atoms with Gasteiger partial charge in [0.2, 0.25) is 11.8 Å². The minimum absolute atomic E-state index is 0. The number of unbranched alkanes of at least 4 members (excludes halogenated alkanes) is 1. The minimum atomic E-state index is -0.616. The Labute approximate surface area is 247 Å². The van der Waals surface area contributed by atoms with Crippen LogP contribution in [0.3, 0.4) is 0 Å². The van der Waals surface area contributed by atoms with Crippen molar-refractivity contribution >= 4 is 41.0 Å². The minimum Gasteiger partial charge on any atom is -0.370 e. The Morgan fingerprint density at radius 2 is 1.44 bits per heavy atom. The quantitative estimate of drug-likeness (QED) is 0.144. The lowest BCUT2D eigenvalue weighted by Gasteiger charge is -2.39. The van der Waals surface area contributed by atoms with E-state index in [4.69, 9.17) is 11.5 Å². The molecule has 1 saturated heterocycles. The highest BCUT2D eigenvalue weighted by atomic mass is 35.5. The van der Waals surface area contributed by atoms with Crippen LogP contribution >= 0.6 is 12.4 Å². The molecule has 0 radical (unpaired) electrons. The summed E-state index contributed by atoms with van der Waals surface area (Å²) < 4.78 is 0. The van der Waals surface area contributed by atoms with Crippen molar-refractivity contribution in [3.8, 4) is 11.1 Å². The van der Waals surface area contributed by atoms with Gasteiger partial charge in [0.25, 0.3) is 0 Å². The normalized spacial score (nSPS) is 16.6.